The maximum Gasteiger partial charge on any atom is 0.325 e. The van der Waals surface area contributed by atoms with Gasteiger partial charge >= 0.3 is 12.0 Å². The molecule has 0 aliphatic heterocycles. The number of nitrogens with zero attached hydrogens (tertiary/aromatic N) is 1. The van der Waals surface area contributed by atoms with E-state index in [4.69, 9.17) is 4.74 Å². The number of sulfone groups is 1. The molecule has 0 saturated heterocycles. The van der Waals surface area contributed by atoms with Gasteiger partial charge in [-0.25, -0.2) is 18.2 Å². The van der Waals surface area contributed by atoms with Gasteiger partial charge in [-0.1, -0.05) is 18.9 Å². The number of hydrogen-bond donors (Lipinski definition) is 3. The third kappa shape index (κ3) is 9.21. The van der Waals surface area contributed by atoms with Gasteiger partial charge in [-0.05, 0) is 37.5 Å². The molecule has 0 radical (unpaired) electrons. The minimum Gasteiger partial charge on any atom is -0.466 e. The van der Waals surface area contributed by atoms with Crippen molar-refractivity contribution in [3.05, 3.63) is 40.4 Å². The predicted molar refractivity (Wildman–Crippen MR) is 144 cm³/mol. The first kappa shape index (κ1) is 29.2. The van der Waals surface area contributed by atoms with Gasteiger partial charge < -0.3 is 15.4 Å². The highest BCUT2D eigenvalue weighted by atomic mass is 32.2. The summed E-state index contributed by atoms with van der Waals surface area (Å²) in [5, 5.41) is 9.82. The standard InChI is InChI=1S/C25H32N4O7S2/c1-3-36-22(31)14-18-15-37-25(27-18)29-24(33)28-20-9-8-16(13-21(30)26-10-11-38(2,34)35)12-19(20)23(32)17-6-4-5-7-17/h8-9,12,15,17H,3-7,10-11,13-14H2,1-2H3,(H,26,30)(H2,27,28,29,33). The number of aromatic nitrogens is 1. The van der Waals surface area contributed by atoms with Crippen LogP contribution in [0.15, 0.2) is 23.6 Å². The van der Waals surface area contributed by atoms with Crippen LogP contribution in [0.2, 0.25) is 0 Å². The highest BCUT2D eigenvalue weighted by molar-refractivity contribution is 7.90. The van der Waals surface area contributed by atoms with Crippen molar-refractivity contribution in [3.8, 4) is 0 Å². The van der Waals surface area contributed by atoms with Crippen molar-refractivity contribution < 1.29 is 32.3 Å². The van der Waals surface area contributed by atoms with Gasteiger partial charge in [0.05, 0.1) is 36.6 Å². The Labute approximate surface area is 225 Å². The number of ketones is 1. The van der Waals surface area contributed by atoms with Crippen LogP contribution in [0.25, 0.3) is 0 Å². The van der Waals surface area contributed by atoms with Crippen LogP contribution in [0.4, 0.5) is 15.6 Å². The monoisotopic (exact) mass is 564 g/mol. The highest BCUT2D eigenvalue weighted by Crippen LogP contribution is 2.31. The smallest absolute Gasteiger partial charge is 0.325 e. The van der Waals surface area contributed by atoms with E-state index in [9.17, 15) is 27.6 Å². The number of amides is 3. The molecule has 11 nitrogen and oxygen atoms in total. The molecule has 1 aliphatic rings. The Bertz CT molecular complexity index is 1280. The van der Waals surface area contributed by atoms with Crippen LogP contribution >= 0.6 is 11.3 Å². The van der Waals surface area contributed by atoms with Crippen LogP contribution in [0.1, 0.15) is 54.2 Å². The number of hydrogen-bond acceptors (Lipinski definition) is 9. The fraction of sp³-hybridized carbons (Fsp3) is 0.480. The second-order valence-corrected chi connectivity index (χ2v) is 12.2. The van der Waals surface area contributed by atoms with E-state index in [1.807, 2.05) is 0 Å². The van der Waals surface area contributed by atoms with Gasteiger partial charge in [-0.3, -0.25) is 19.7 Å². The first-order valence-electron chi connectivity index (χ1n) is 12.3. The Balaban J connectivity index is 1.69. The number of benzene rings is 1. The van der Waals surface area contributed by atoms with Gasteiger partial charge in [0, 0.05) is 29.7 Å². The van der Waals surface area contributed by atoms with E-state index in [-0.39, 0.29) is 54.5 Å². The Morgan fingerprint density at radius 1 is 1.11 bits per heavy atom. The Kier molecular flexibility index (Phi) is 10.4. The van der Waals surface area contributed by atoms with Crippen molar-refractivity contribution in [3.63, 3.8) is 0 Å². The number of ether oxygens (including phenoxy) is 1. The third-order valence-electron chi connectivity index (χ3n) is 5.89. The van der Waals surface area contributed by atoms with Gasteiger partial charge in [0.15, 0.2) is 10.9 Å². The second-order valence-electron chi connectivity index (χ2n) is 9.09. The zero-order chi connectivity index (χ0) is 27.7. The third-order valence-corrected chi connectivity index (χ3v) is 7.64. The molecule has 3 N–H and O–H groups in total. The van der Waals surface area contributed by atoms with Crippen molar-refractivity contribution in [2.45, 2.75) is 45.4 Å². The van der Waals surface area contributed by atoms with Crippen LogP contribution in [0, 0.1) is 5.92 Å². The molecule has 1 aromatic carbocycles. The summed E-state index contributed by atoms with van der Waals surface area (Å²) in [7, 11) is -3.20. The Morgan fingerprint density at radius 2 is 1.84 bits per heavy atom. The second kappa shape index (κ2) is 13.5. The van der Waals surface area contributed by atoms with Crippen molar-refractivity contribution in [1.82, 2.24) is 10.3 Å². The summed E-state index contributed by atoms with van der Waals surface area (Å²) in [6.07, 6.45) is 4.51. The van der Waals surface area contributed by atoms with Crippen LogP contribution in [-0.4, -0.2) is 62.3 Å². The largest absolute Gasteiger partial charge is 0.466 e. The lowest BCUT2D eigenvalue weighted by Gasteiger charge is -2.15. The first-order chi connectivity index (χ1) is 18.0. The van der Waals surface area contributed by atoms with Gasteiger partial charge in [-0.2, -0.15) is 0 Å². The molecule has 1 fully saturated rings. The van der Waals surface area contributed by atoms with Crippen LogP contribution in [0.5, 0.6) is 0 Å². The predicted octanol–water partition coefficient (Wildman–Crippen LogP) is 2.97. The highest BCUT2D eigenvalue weighted by Gasteiger charge is 2.26. The fourth-order valence-corrected chi connectivity index (χ4v) is 5.28. The fourth-order valence-electron chi connectivity index (χ4n) is 4.10. The summed E-state index contributed by atoms with van der Waals surface area (Å²) >= 11 is 1.16. The van der Waals surface area contributed by atoms with Crippen LogP contribution in [0.3, 0.4) is 0 Å². The van der Waals surface area contributed by atoms with Crippen molar-refractivity contribution in [1.29, 1.82) is 0 Å². The number of carbonyl (C=O) groups is 4. The van der Waals surface area contributed by atoms with Crippen molar-refractivity contribution >= 4 is 55.7 Å². The number of esters is 1. The topological polar surface area (TPSA) is 161 Å². The summed E-state index contributed by atoms with van der Waals surface area (Å²) in [5.41, 5.74) is 1.66. The molecule has 1 saturated carbocycles. The number of urea groups is 1. The lowest BCUT2D eigenvalue weighted by atomic mass is 9.93. The number of carbonyl (C=O) groups excluding carboxylic acids is 4. The lowest BCUT2D eigenvalue weighted by molar-refractivity contribution is -0.142. The molecule has 0 bridgehead atoms. The summed E-state index contributed by atoms with van der Waals surface area (Å²) in [5.74, 6) is -1.18. The van der Waals surface area contributed by atoms with Gasteiger partial charge in [0.1, 0.15) is 9.84 Å². The summed E-state index contributed by atoms with van der Waals surface area (Å²) < 4.78 is 27.5. The van der Waals surface area contributed by atoms with Gasteiger partial charge in [-0.15, -0.1) is 11.3 Å². The zero-order valence-corrected chi connectivity index (χ0v) is 23.0. The zero-order valence-electron chi connectivity index (χ0n) is 21.4. The average molecular weight is 565 g/mol. The first-order valence-corrected chi connectivity index (χ1v) is 15.3. The number of anilines is 2. The molecule has 1 heterocycles. The normalized spacial score (nSPS) is 13.6. The van der Waals surface area contributed by atoms with E-state index in [2.05, 4.69) is 20.9 Å². The molecule has 3 rings (SSSR count). The van der Waals surface area contributed by atoms with Crippen molar-refractivity contribution in [2.75, 3.05) is 35.8 Å². The molecule has 0 unspecified atom stereocenters. The van der Waals surface area contributed by atoms with E-state index >= 15 is 0 Å². The number of Topliss-reactive ketones (excluding diaryl/α,β-unsaturated/α-hetero) is 1. The van der Waals surface area contributed by atoms with Crippen LogP contribution in [-0.2, 0) is 37.0 Å². The quantitative estimate of drug-likeness (QED) is 0.262. The Morgan fingerprint density at radius 3 is 2.53 bits per heavy atom. The summed E-state index contributed by atoms with van der Waals surface area (Å²) in [6.45, 7) is 1.99. The molecular formula is C25H32N4O7S2. The van der Waals surface area contributed by atoms with E-state index in [0.29, 0.717) is 22.5 Å². The Hall–Kier alpha value is -3.32. The maximum absolute atomic E-state index is 13.3. The minimum absolute atomic E-state index is 0.00300. The van der Waals surface area contributed by atoms with E-state index in [0.717, 1.165) is 43.3 Å². The summed E-state index contributed by atoms with van der Waals surface area (Å²) in [6, 6.07) is 4.22. The molecule has 1 aliphatic carbocycles. The maximum atomic E-state index is 13.3. The average Bonchev–Trinajstić information content (AvgIpc) is 3.51. The molecule has 0 atom stereocenters. The molecule has 3 amide bonds. The number of thiazole rings is 1. The molecule has 38 heavy (non-hydrogen) atoms. The van der Waals surface area contributed by atoms with Crippen LogP contribution < -0.4 is 16.0 Å². The summed E-state index contributed by atoms with van der Waals surface area (Å²) in [4.78, 5) is 54.2. The van der Waals surface area contributed by atoms with Gasteiger partial charge in [0.2, 0.25) is 5.91 Å². The number of rotatable bonds is 12. The van der Waals surface area contributed by atoms with E-state index < -0.39 is 21.8 Å². The molecule has 0 spiro atoms. The SMILES string of the molecule is CCOC(=O)Cc1csc(NC(=O)Nc2ccc(CC(=O)NCCS(C)(=O)=O)cc2C(=O)C2CCCC2)n1. The van der Waals surface area contributed by atoms with E-state index in [1.165, 1.54) is 0 Å². The van der Waals surface area contributed by atoms with E-state index in [1.54, 1.807) is 30.5 Å². The molecule has 1 aromatic heterocycles. The molecule has 206 valence electrons. The lowest BCUT2D eigenvalue weighted by Crippen LogP contribution is -2.30. The van der Waals surface area contributed by atoms with Crippen molar-refractivity contribution in [2.24, 2.45) is 5.92 Å². The molecule has 13 heteroatoms. The molecular weight excluding hydrogens is 532 g/mol. The number of nitrogens with one attached hydrogen (secondary N) is 3. The molecule has 2 aromatic rings. The van der Waals surface area contributed by atoms with Gasteiger partial charge in [0.25, 0.3) is 0 Å². The minimum atomic E-state index is -3.20.